The molecule has 33 heavy (non-hydrogen) atoms. The van der Waals surface area contributed by atoms with Gasteiger partial charge in [-0.2, -0.15) is 10.2 Å². The minimum atomic E-state index is -0.743. The Morgan fingerprint density at radius 1 is 1.09 bits per heavy atom. The second-order valence-electron chi connectivity index (χ2n) is 8.96. The van der Waals surface area contributed by atoms with Crippen LogP contribution in [0.2, 0.25) is 0 Å². The Morgan fingerprint density at radius 2 is 1.82 bits per heavy atom. The van der Waals surface area contributed by atoms with E-state index in [0.29, 0.717) is 24.1 Å². The first-order valence-electron chi connectivity index (χ1n) is 11.5. The third-order valence-electron chi connectivity index (χ3n) is 6.24. The van der Waals surface area contributed by atoms with Crippen molar-refractivity contribution in [1.29, 1.82) is 0 Å². The van der Waals surface area contributed by atoms with Gasteiger partial charge >= 0.3 is 0 Å². The number of aliphatic hydroxyl groups is 1. The summed E-state index contributed by atoms with van der Waals surface area (Å²) >= 11 is 0. The van der Waals surface area contributed by atoms with Crippen LogP contribution in [0.25, 0.3) is 11.3 Å². The Kier molecular flexibility index (Phi) is 7.27. The smallest absolute Gasteiger partial charge is 0.150 e. The van der Waals surface area contributed by atoms with Crippen molar-refractivity contribution in [2.24, 2.45) is 5.92 Å². The Labute approximate surface area is 192 Å². The molecule has 0 radical (unpaired) electrons. The van der Waals surface area contributed by atoms with Crippen LogP contribution in [0, 0.1) is 17.6 Å². The monoisotopic (exact) mass is 459 g/mol. The Morgan fingerprint density at radius 3 is 2.42 bits per heavy atom. The lowest BCUT2D eigenvalue weighted by atomic mass is 9.92. The summed E-state index contributed by atoms with van der Waals surface area (Å²) in [6.45, 7) is 6.39. The number of anilines is 1. The van der Waals surface area contributed by atoms with Crippen LogP contribution in [0.5, 0.6) is 5.75 Å². The summed E-state index contributed by atoms with van der Waals surface area (Å²) in [6, 6.07) is 5.92. The van der Waals surface area contributed by atoms with Crippen LogP contribution in [-0.2, 0) is 6.61 Å². The summed E-state index contributed by atoms with van der Waals surface area (Å²) in [5, 5.41) is 23.1. The number of nitrogens with zero attached hydrogens (tertiary/aromatic N) is 3. The van der Waals surface area contributed by atoms with Gasteiger partial charge in [-0.05, 0) is 43.6 Å². The highest BCUT2D eigenvalue weighted by molar-refractivity contribution is 5.62. The molecule has 3 heterocycles. The molecule has 1 saturated heterocycles. The third kappa shape index (κ3) is 5.52. The number of H-pyrrole nitrogens is 2. The van der Waals surface area contributed by atoms with E-state index in [9.17, 15) is 8.78 Å². The van der Waals surface area contributed by atoms with Crippen LogP contribution < -0.4 is 9.64 Å². The molecule has 7 nitrogen and oxygen atoms in total. The second kappa shape index (κ2) is 10.3. The molecule has 3 N–H and O–H groups in total. The van der Waals surface area contributed by atoms with E-state index < -0.39 is 11.6 Å². The highest BCUT2D eigenvalue weighted by atomic mass is 19.1. The number of piperidine rings is 1. The van der Waals surface area contributed by atoms with Gasteiger partial charge in [-0.15, -0.1) is 0 Å². The van der Waals surface area contributed by atoms with Crippen molar-refractivity contribution in [3.8, 4) is 17.0 Å². The minimum absolute atomic E-state index is 0.113. The van der Waals surface area contributed by atoms with Crippen LogP contribution in [0.4, 0.5) is 14.6 Å². The predicted molar refractivity (Wildman–Crippen MR) is 122 cm³/mol. The van der Waals surface area contributed by atoms with E-state index in [1.807, 2.05) is 0 Å². The molecule has 0 spiro atoms. The fourth-order valence-corrected chi connectivity index (χ4v) is 4.24. The SMILES string of the molecule is CC(C)c1cc(N2CCC(CCCOc3cc(F)c(-c4cc(CO)[nH]n4)c(F)c3)CC2)n[nH]1. The number of rotatable bonds is 9. The average Bonchev–Trinajstić information content (AvgIpc) is 3.47. The van der Waals surface area contributed by atoms with Gasteiger partial charge < -0.3 is 14.7 Å². The molecule has 0 amide bonds. The maximum Gasteiger partial charge on any atom is 0.150 e. The van der Waals surface area contributed by atoms with Crippen molar-refractivity contribution in [2.75, 3.05) is 24.6 Å². The first-order valence-corrected chi connectivity index (χ1v) is 11.5. The average molecular weight is 460 g/mol. The zero-order valence-corrected chi connectivity index (χ0v) is 19.1. The van der Waals surface area contributed by atoms with Gasteiger partial charge in [-0.3, -0.25) is 10.2 Å². The Bertz CT molecular complexity index is 1030. The summed E-state index contributed by atoms with van der Waals surface area (Å²) in [5.74, 6) is 0.757. The third-order valence-corrected chi connectivity index (χ3v) is 6.24. The molecule has 178 valence electrons. The molecule has 4 rings (SSSR count). The molecule has 0 aliphatic carbocycles. The quantitative estimate of drug-likeness (QED) is 0.401. The molecule has 3 aromatic rings. The molecule has 2 aromatic heterocycles. The van der Waals surface area contributed by atoms with Crippen LogP contribution in [-0.4, -0.2) is 45.2 Å². The lowest BCUT2D eigenvalue weighted by Gasteiger charge is -2.32. The Hall–Kier alpha value is -2.94. The van der Waals surface area contributed by atoms with Crippen molar-refractivity contribution in [3.63, 3.8) is 0 Å². The predicted octanol–water partition coefficient (Wildman–Crippen LogP) is 4.77. The number of aliphatic hydroxyl groups excluding tert-OH is 1. The summed E-state index contributed by atoms with van der Waals surface area (Å²) in [4.78, 5) is 2.32. The summed E-state index contributed by atoms with van der Waals surface area (Å²) < 4.78 is 34.6. The largest absolute Gasteiger partial charge is 0.493 e. The number of ether oxygens (including phenoxy) is 1. The van der Waals surface area contributed by atoms with Gasteiger partial charge in [0.25, 0.3) is 0 Å². The fourth-order valence-electron chi connectivity index (χ4n) is 4.24. The van der Waals surface area contributed by atoms with Gasteiger partial charge in [-0.25, -0.2) is 8.78 Å². The van der Waals surface area contributed by atoms with Gasteiger partial charge in [-0.1, -0.05) is 13.8 Å². The summed E-state index contributed by atoms with van der Waals surface area (Å²) in [7, 11) is 0. The standard InChI is InChI=1S/C24H31F2N5O2/c1-15(2)21-13-23(30-28-21)31-7-5-16(6-8-31)4-3-9-33-18-11-19(25)24(20(26)12-18)22-10-17(14-32)27-29-22/h10-13,15-16,32H,3-9,14H2,1-2H3,(H,27,29)(H,28,30). The first-order chi connectivity index (χ1) is 15.9. The molecular weight excluding hydrogens is 428 g/mol. The van der Waals surface area contributed by atoms with Gasteiger partial charge in [0.1, 0.15) is 17.4 Å². The number of aromatic nitrogens is 4. The zero-order chi connectivity index (χ0) is 23.4. The molecule has 1 aliphatic heterocycles. The van der Waals surface area contributed by atoms with Gasteiger partial charge in [0.05, 0.1) is 30.2 Å². The lowest BCUT2D eigenvalue weighted by Crippen LogP contribution is -2.34. The minimum Gasteiger partial charge on any atom is -0.493 e. The van der Waals surface area contributed by atoms with E-state index in [2.05, 4.69) is 45.2 Å². The van der Waals surface area contributed by atoms with Crippen molar-refractivity contribution < 1.29 is 18.6 Å². The number of hydrogen-bond acceptors (Lipinski definition) is 5. The van der Waals surface area contributed by atoms with Crippen LogP contribution in [0.15, 0.2) is 24.3 Å². The van der Waals surface area contributed by atoms with Crippen LogP contribution in [0.1, 0.15) is 56.8 Å². The summed E-state index contributed by atoms with van der Waals surface area (Å²) in [6.07, 6.45) is 4.04. The molecule has 0 unspecified atom stereocenters. The van der Waals surface area contributed by atoms with Crippen molar-refractivity contribution in [3.05, 3.63) is 47.3 Å². The van der Waals surface area contributed by atoms with E-state index in [1.165, 1.54) is 18.2 Å². The van der Waals surface area contributed by atoms with E-state index in [-0.39, 0.29) is 23.6 Å². The Balaban J connectivity index is 1.22. The lowest BCUT2D eigenvalue weighted by molar-refractivity contribution is 0.276. The maximum atomic E-state index is 14.5. The normalized spacial score (nSPS) is 14.9. The fraction of sp³-hybridized carbons (Fsp3) is 0.500. The molecule has 0 saturated carbocycles. The molecule has 1 aliphatic rings. The van der Waals surface area contributed by atoms with Crippen molar-refractivity contribution in [1.82, 2.24) is 20.4 Å². The summed E-state index contributed by atoms with van der Waals surface area (Å²) in [5.41, 5.74) is 1.42. The van der Waals surface area contributed by atoms with E-state index in [1.54, 1.807) is 0 Å². The number of hydrogen-bond donors (Lipinski definition) is 3. The first kappa shape index (κ1) is 23.2. The van der Waals surface area contributed by atoms with Crippen LogP contribution in [0.3, 0.4) is 0 Å². The molecule has 1 fully saturated rings. The highest BCUT2D eigenvalue weighted by Crippen LogP contribution is 2.30. The number of halogens is 2. The van der Waals surface area contributed by atoms with E-state index >= 15 is 0 Å². The van der Waals surface area contributed by atoms with E-state index in [0.717, 1.165) is 50.3 Å². The van der Waals surface area contributed by atoms with Gasteiger partial charge in [0.15, 0.2) is 5.82 Å². The molecule has 0 atom stereocenters. The molecule has 1 aromatic carbocycles. The van der Waals surface area contributed by atoms with E-state index in [4.69, 9.17) is 9.84 Å². The molecule has 9 heteroatoms. The van der Waals surface area contributed by atoms with Crippen molar-refractivity contribution in [2.45, 2.75) is 52.1 Å². The number of nitrogens with one attached hydrogen (secondary N) is 2. The maximum absolute atomic E-state index is 14.5. The van der Waals surface area contributed by atoms with Gasteiger partial charge in [0.2, 0.25) is 0 Å². The highest BCUT2D eigenvalue weighted by Gasteiger charge is 2.21. The topological polar surface area (TPSA) is 90.1 Å². The second-order valence-corrected chi connectivity index (χ2v) is 8.96. The van der Waals surface area contributed by atoms with Crippen LogP contribution >= 0.6 is 0 Å². The zero-order valence-electron chi connectivity index (χ0n) is 19.1. The van der Waals surface area contributed by atoms with Gasteiger partial charge in [0, 0.05) is 37.0 Å². The number of aromatic amines is 2. The number of benzene rings is 1. The van der Waals surface area contributed by atoms with Crippen molar-refractivity contribution >= 4 is 5.82 Å². The molecular formula is C24H31F2N5O2. The molecule has 0 bridgehead atoms.